The normalized spacial score (nSPS) is 21.7. The van der Waals surface area contributed by atoms with Crippen LogP contribution < -0.4 is 0 Å². The van der Waals surface area contributed by atoms with Crippen LogP contribution in [0.15, 0.2) is 90.7 Å². The van der Waals surface area contributed by atoms with Crippen LogP contribution in [-0.4, -0.2) is 16.2 Å². The number of hydrogen-bond acceptors (Lipinski definition) is 2. The van der Waals surface area contributed by atoms with Crippen molar-refractivity contribution in [2.75, 3.05) is 0 Å². The Bertz CT molecular complexity index is 1260. The first kappa shape index (κ1) is 19.7. The van der Waals surface area contributed by atoms with E-state index in [1.165, 1.54) is 16.5 Å². The highest BCUT2D eigenvalue weighted by molar-refractivity contribution is 5.85. The standard InChI is InChI=1S/C28H27NO2/c1-18-14-15-22-19(2)26(29-24(22)16-18)25(20-10-6-4-7-11-20)23-17-31-28(3,27(23)30)21-12-8-5-9-13-21/h4-17,25,27,29-30H,1-3H3/t25?,27?,28-/m1/s1. The number of hydrogen-bond donors (Lipinski definition) is 2. The average Bonchev–Trinajstić information content (AvgIpc) is 3.27. The zero-order chi connectivity index (χ0) is 21.6. The second-order valence-electron chi connectivity index (χ2n) is 8.67. The zero-order valence-electron chi connectivity index (χ0n) is 18.1. The SMILES string of the molecule is Cc1ccc2c(C)c(C(C3=CO[C@](C)(c4ccccc4)C3O)c3ccccc3)[nH]c2c1. The van der Waals surface area contributed by atoms with Crippen molar-refractivity contribution in [3.05, 3.63) is 119 Å². The first-order chi connectivity index (χ1) is 15.0. The molecule has 2 unspecified atom stereocenters. The number of ether oxygens (including phenoxy) is 1. The number of aliphatic hydroxyl groups excluding tert-OH is 1. The number of aliphatic hydroxyl groups is 1. The number of benzene rings is 3. The highest BCUT2D eigenvalue weighted by Crippen LogP contribution is 2.46. The van der Waals surface area contributed by atoms with Crippen LogP contribution in [0.4, 0.5) is 0 Å². The molecule has 1 aromatic heterocycles. The molecule has 3 nitrogen and oxygen atoms in total. The van der Waals surface area contributed by atoms with E-state index in [0.29, 0.717) is 0 Å². The van der Waals surface area contributed by atoms with Crippen molar-refractivity contribution < 1.29 is 9.84 Å². The van der Waals surface area contributed by atoms with Gasteiger partial charge < -0.3 is 14.8 Å². The summed E-state index contributed by atoms with van der Waals surface area (Å²) in [4.78, 5) is 3.66. The molecule has 0 spiro atoms. The fourth-order valence-corrected chi connectivity index (χ4v) is 4.79. The zero-order valence-corrected chi connectivity index (χ0v) is 18.1. The molecule has 0 aliphatic carbocycles. The van der Waals surface area contributed by atoms with Gasteiger partial charge in [-0.1, -0.05) is 72.8 Å². The predicted octanol–water partition coefficient (Wildman–Crippen LogP) is 6.11. The number of rotatable bonds is 4. The van der Waals surface area contributed by atoms with Gasteiger partial charge in [-0.2, -0.15) is 0 Å². The van der Waals surface area contributed by atoms with Gasteiger partial charge in [-0.25, -0.2) is 0 Å². The van der Waals surface area contributed by atoms with Gasteiger partial charge in [0.25, 0.3) is 0 Å². The second kappa shape index (κ2) is 7.44. The van der Waals surface area contributed by atoms with Crippen LogP contribution in [0.25, 0.3) is 10.9 Å². The molecule has 156 valence electrons. The topological polar surface area (TPSA) is 45.2 Å². The van der Waals surface area contributed by atoms with Crippen molar-refractivity contribution in [2.24, 2.45) is 0 Å². The van der Waals surface area contributed by atoms with E-state index < -0.39 is 11.7 Å². The Morgan fingerprint density at radius 1 is 0.935 bits per heavy atom. The van der Waals surface area contributed by atoms with Crippen molar-refractivity contribution in [2.45, 2.75) is 38.4 Å². The van der Waals surface area contributed by atoms with E-state index in [4.69, 9.17) is 4.74 Å². The third-order valence-corrected chi connectivity index (χ3v) is 6.63. The summed E-state index contributed by atoms with van der Waals surface area (Å²) in [5.41, 5.74) is 6.77. The van der Waals surface area contributed by atoms with E-state index >= 15 is 0 Å². The summed E-state index contributed by atoms with van der Waals surface area (Å²) >= 11 is 0. The number of aromatic nitrogens is 1. The third kappa shape index (κ3) is 3.17. The Balaban J connectivity index is 1.65. The summed E-state index contributed by atoms with van der Waals surface area (Å²) in [7, 11) is 0. The summed E-state index contributed by atoms with van der Waals surface area (Å²) in [5.74, 6) is -0.130. The van der Waals surface area contributed by atoms with Crippen molar-refractivity contribution >= 4 is 10.9 Å². The highest BCUT2D eigenvalue weighted by Gasteiger charge is 2.46. The Hall–Kier alpha value is -3.30. The predicted molar refractivity (Wildman–Crippen MR) is 125 cm³/mol. The Morgan fingerprint density at radius 2 is 1.61 bits per heavy atom. The lowest BCUT2D eigenvalue weighted by atomic mass is 9.79. The van der Waals surface area contributed by atoms with Crippen molar-refractivity contribution in [3.8, 4) is 0 Å². The lowest BCUT2D eigenvalue weighted by molar-refractivity contribution is -0.0311. The van der Waals surface area contributed by atoms with Crippen LogP contribution in [0.3, 0.4) is 0 Å². The molecule has 2 N–H and O–H groups in total. The van der Waals surface area contributed by atoms with E-state index in [0.717, 1.165) is 27.9 Å². The largest absolute Gasteiger partial charge is 0.487 e. The molecule has 0 amide bonds. The molecule has 3 heteroatoms. The van der Waals surface area contributed by atoms with Gasteiger partial charge in [-0.3, -0.25) is 0 Å². The maximum absolute atomic E-state index is 11.6. The minimum Gasteiger partial charge on any atom is -0.487 e. The molecule has 1 aliphatic rings. The van der Waals surface area contributed by atoms with Crippen molar-refractivity contribution in [1.29, 1.82) is 0 Å². The first-order valence-electron chi connectivity index (χ1n) is 10.7. The summed E-state index contributed by atoms with van der Waals surface area (Å²) in [6.45, 7) is 6.21. The molecule has 1 aliphatic heterocycles. The van der Waals surface area contributed by atoms with Crippen LogP contribution >= 0.6 is 0 Å². The molecule has 0 saturated carbocycles. The average molecular weight is 410 g/mol. The van der Waals surface area contributed by atoms with Crippen LogP contribution in [0.5, 0.6) is 0 Å². The summed E-state index contributed by atoms with van der Waals surface area (Å²) in [6.07, 6.45) is 0.999. The smallest absolute Gasteiger partial charge is 0.160 e. The van der Waals surface area contributed by atoms with Gasteiger partial charge >= 0.3 is 0 Å². The molecule has 31 heavy (non-hydrogen) atoms. The van der Waals surface area contributed by atoms with Gasteiger partial charge in [-0.15, -0.1) is 0 Å². The quantitative estimate of drug-likeness (QED) is 0.427. The molecule has 4 aromatic rings. The minimum atomic E-state index is -0.819. The fraction of sp³-hybridized carbons (Fsp3) is 0.214. The maximum Gasteiger partial charge on any atom is 0.160 e. The van der Waals surface area contributed by atoms with Crippen LogP contribution in [0, 0.1) is 13.8 Å². The molecule has 2 heterocycles. The van der Waals surface area contributed by atoms with E-state index in [2.05, 4.69) is 49.2 Å². The number of aryl methyl sites for hydroxylation is 2. The summed E-state index contributed by atoms with van der Waals surface area (Å²) < 4.78 is 6.18. The molecule has 3 atom stereocenters. The summed E-state index contributed by atoms with van der Waals surface area (Å²) in [6, 6.07) is 26.8. The van der Waals surface area contributed by atoms with E-state index in [-0.39, 0.29) is 5.92 Å². The summed E-state index contributed by atoms with van der Waals surface area (Å²) in [5, 5.41) is 12.8. The number of aromatic amines is 1. The lowest BCUT2D eigenvalue weighted by Crippen LogP contribution is -2.36. The van der Waals surface area contributed by atoms with Crippen LogP contribution in [-0.2, 0) is 10.3 Å². The van der Waals surface area contributed by atoms with Gasteiger partial charge in [0.1, 0.15) is 6.10 Å². The van der Waals surface area contributed by atoms with Crippen LogP contribution in [0.2, 0.25) is 0 Å². The molecular weight excluding hydrogens is 382 g/mol. The van der Waals surface area contributed by atoms with E-state index in [1.54, 1.807) is 6.26 Å². The Labute approximate surface area is 183 Å². The molecule has 0 bridgehead atoms. The number of fused-ring (bicyclic) bond motifs is 1. The molecule has 5 rings (SSSR count). The van der Waals surface area contributed by atoms with E-state index in [1.807, 2.05) is 55.5 Å². The monoisotopic (exact) mass is 409 g/mol. The van der Waals surface area contributed by atoms with Crippen molar-refractivity contribution in [1.82, 2.24) is 4.98 Å². The highest BCUT2D eigenvalue weighted by atomic mass is 16.5. The molecule has 0 radical (unpaired) electrons. The molecule has 0 fully saturated rings. The lowest BCUT2D eigenvalue weighted by Gasteiger charge is -2.31. The van der Waals surface area contributed by atoms with Gasteiger partial charge in [-0.05, 0) is 49.1 Å². The molecule has 0 saturated heterocycles. The third-order valence-electron chi connectivity index (χ3n) is 6.63. The molecule has 3 aromatic carbocycles. The Morgan fingerprint density at radius 3 is 2.32 bits per heavy atom. The molecular formula is C28H27NO2. The van der Waals surface area contributed by atoms with Gasteiger partial charge in [0.15, 0.2) is 5.60 Å². The van der Waals surface area contributed by atoms with Gasteiger partial charge in [0, 0.05) is 22.2 Å². The van der Waals surface area contributed by atoms with Gasteiger partial charge in [0.05, 0.1) is 12.2 Å². The van der Waals surface area contributed by atoms with Gasteiger partial charge in [0.2, 0.25) is 0 Å². The Kier molecular flexibility index (Phi) is 4.71. The second-order valence-corrected chi connectivity index (χ2v) is 8.67. The van der Waals surface area contributed by atoms with Crippen LogP contribution in [0.1, 0.15) is 40.8 Å². The minimum absolute atomic E-state index is 0.130. The fourth-order valence-electron chi connectivity index (χ4n) is 4.79. The number of nitrogens with one attached hydrogen (secondary N) is 1. The first-order valence-corrected chi connectivity index (χ1v) is 10.7. The van der Waals surface area contributed by atoms with Crippen molar-refractivity contribution in [3.63, 3.8) is 0 Å². The maximum atomic E-state index is 11.6. The number of H-pyrrole nitrogens is 1. The van der Waals surface area contributed by atoms with E-state index in [9.17, 15) is 5.11 Å².